The van der Waals surface area contributed by atoms with Gasteiger partial charge >= 0.3 is 0 Å². The molecule has 4 heteroatoms. The number of benzene rings is 1. The van der Waals surface area contributed by atoms with Crippen LogP contribution in [0.5, 0.6) is 0 Å². The summed E-state index contributed by atoms with van der Waals surface area (Å²) in [5.41, 5.74) is 2.38. The van der Waals surface area contributed by atoms with Crippen LogP contribution in [0.2, 0.25) is 0 Å². The summed E-state index contributed by atoms with van der Waals surface area (Å²) in [4.78, 5) is 1.67. The van der Waals surface area contributed by atoms with Crippen molar-refractivity contribution in [2.75, 3.05) is 26.7 Å². The zero-order valence-corrected chi connectivity index (χ0v) is 12.7. The first-order valence-electron chi connectivity index (χ1n) is 7.23. The Hall–Kier alpha value is -1.00. The standard InChI is InChI=1S/C16H26F2N2/c1-13(2)10-19-9-8-14-6-4-5-7-15(14)11-20(3)12-16(17)18/h4-7,13,16,19H,8-12H2,1-3H3. The molecule has 0 aliphatic rings. The maximum absolute atomic E-state index is 12.4. The summed E-state index contributed by atoms with van der Waals surface area (Å²) >= 11 is 0. The highest BCUT2D eigenvalue weighted by molar-refractivity contribution is 5.27. The molecule has 1 aromatic rings. The summed E-state index contributed by atoms with van der Waals surface area (Å²) < 4.78 is 24.7. The van der Waals surface area contributed by atoms with E-state index >= 15 is 0 Å². The number of hydrogen-bond donors (Lipinski definition) is 1. The third kappa shape index (κ3) is 6.96. The van der Waals surface area contributed by atoms with E-state index in [0.29, 0.717) is 12.5 Å². The van der Waals surface area contributed by atoms with Crippen molar-refractivity contribution in [3.63, 3.8) is 0 Å². The fraction of sp³-hybridized carbons (Fsp3) is 0.625. The van der Waals surface area contributed by atoms with Gasteiger partial charge in [-0.1, -0.05) is 38.1 Å². The van der Waals surface area contributed by atoms with Gasteiger partial charge in [0.05, 0.1) is 6.54 Å². The van der Waals surface area contributed by atoms with E-state index in [1.54, 1.807) is 11.9 Å². The first-order chi connectivity index (χ1) is 9.49. The molecule has 0 bridgehead atoms. The minimum absolute atomic E-state index is 0.181. The lowest BCUT2D eigenvalue weighted by Gasteiger charge is -2.18. The Labute approximate surface area is 121 Å². The third-order valence-electron chi connectivity index (χ3n) is 3.13. The van der Waals surface area contributed by atoms with Crippen molar-refractivity contribution < 1.29 is 8.78 Å². The van der Waals surface area contributed by atoms with Gasteiger partial charge in [0.15, 0.2) is 0 Å². The minimum atomic E-state index is -2.28. The van der Waals surface area contributed by atoms with E-state index < -0.39 is 6.43 Å². The topological polar surface area (TPSA) is 15.3 Å². The Morgan fingerprint density at radius 3 is 2.40 bits per heavy atom. The summed E-state index contributed by atoms with van der Waals surface area (Å²) in [5.74, 6) is 0.641. The zero-order valence-electron chi connectivity index (χ0n) is 12.7. The molecule has 0 atom stereocenters. The molecule has 114 valence electrons. The predicted octanol–water partition coefficient (Wildman–Crippen LogP) is 3.17. The van der Waals surface area contributed by atoms with Gasteiger partial charge in [0.2, 0.25) is 0 Å². The predicted molar refractivity (Wildman–Crippen MR) is 80.2 cm³/mol. The fourth-order valence-electron chi connectivity index (χ4n) is 2.16. The molecule has 0 unspecified atom stereocenters. The molecule has 1 rings (SSSR count). The van der Waals surface area contributed by atoms with E-state index in [1.165, 1.54) is 5.56 Å². The van der Waals surface area contributed by atoms with Crippen LogP contribution in [0.25, 0.3) is 0 Å². The van der Waals surface area contributed by atoms with Gasteiger partial charge in [0, 0.05) is 6.54 Å². The summed E-state index contributed by atoms with van der Waals surface area (Å²) in [6, 6.07) is 8.09. The summed E-state index contributed by atoms with van der Waals surface area (Å²) in [6.07, 6.45) is -1.34. The van der Waals surface area contributed by atoms with Crippen molar-refractivity contribution in [1.29, 1.82) is 0 Å². The Morgan fingerprint density at radius 1 is 1.15 bits per heavy atom. The number of rotatable bonds is 9. The van der Waals surface area contributed by atoms with Crippen LogP contribution < -0.4 is 5.32 Å². The van der Waals surface area contributed by atoms with Gasteiger partial charge < -0.3 is 5.32 Å². The van der Waals surface area contributed by atoms with Crippen LogP contribution in [0.4, 0.5) is 8.78 Å². The van der Waals surface area contributed by atoms with Gasteiger partial charge in [0.1, 0.15) is 0 Å². The summed E-state index contributed by atoms with van der Waals surface area (Å²) in [5, 5.41) is 3.41. The first kappa shape index (κ1) is 17.1. The smallest absolute Gasteiger partial charge is 0.251 e. The molecule has 0 heterocycles. The SMILES string of the molecule is CC(C)CNCCc1ccccc1CN(C)CC(F)F. The maximum Gasteiger partial charge on any atom is 0.251 e. The van der Waals surface area contributed by atoms with Gasteiger partial charge in [-0.2, -0.15) is 0 Å². The van der Waals surface area contributed by atoms with Crippen LogP contribution in [-0.2, 0) is 13.0 Å². The molecule has 0 aliphatic carbocycles. The molecule has 0 radical (unpaired) electrons. The molecule has 0 saturated heterocycles. The average molecular weight is 284 g/mol. The van der Waals surface area contributed by atoms with Gasteiger partial charge in [-0.15, -0.1) is 0 Å². The Balaban J connectivity index is 2.50. The van der Waals surface area contributed by atoms with E-state index in [-0.39, 0.29) is 6.54 Å². The fourth-order valence-corrected chi connectivity index (χ4v) is 2.16. The highest BCUT2D eigenvalue weighted by Crippen LogP contribution is 2.12. The van der Waals surface area contributed by atoms with E-state index in [2.05, 4.69) is 25.2 Å². The van der Waals surface area contributed by atoms with Gasteiger partial charge in [-0.25, -0.2) is 8.78 Å². The number of nitrogens with one attached hydrogen (secondary N) is 1. The summed E-state index contributed by atoms with van der Waals surface area (Å²) in [6.45, 7) is 6.69. The van der Waals surface area contributed by atoms with Gasteiger partial charge in [-0.3, -0.25) is 4.90 Å². The lowest BCUT2D eigenvalue weighted by molar-refractivity contribution is 0.0974. The van der Waals surface area contributed by atoms with Crippen molar-refractivity contribution in [3.8, 4) is 0 Å². The maximum atomic E-state index is 12.4. The normalized spacial score (nSPS) is 11.8. The summed E-state index contributed by atoms with van der Waals surface area (Å²) in [7, 11) is 1.74. The second kappa shape index (κ2) is 9.03. The molecule has 0 saturated carbocycles. The molecule has 1 N–H and O–H groups in total. The van der Waals surface area contributed by atoms with Crippen LogP contribution in [0.1, 0.15) is 25.0 Å². The second-order valence-electron chi connectivity index (χ2n) is 5.70. The van der Waals surface area contributed by atoms with Gasteiger partial charge in [0.25, 0.3) is 6.43 Å². The van der Waals surface area contributed by atoms with Gasteiger partial charge in [-0.05, 0) is 43.6 Å². The van der Waals surface area contributed by atoms with E-state index in [9.17, 15) is 8.78 Å². The van der Waals surface area contributed by atoms with Crippen molar-refractivity contribution in [2.45, 2.75) is 33.2 Å². The quantitative estimate of drug-likeness (QED) is 0.701. The molecular formula is C16H26F2N2. The molecule has 0 aliphatic heterocycles. The van der Waals surface area contributed by atoms with E-state index in [1.807, 2.05) is 18.2 Å². The minimum Gasteiger partial charge on any atom is -0.316 e. The number of halogens is 2. The van der Waals surface area contributed by atoms with Crippen molar-refractivity contribution in [2.24, 2.45) is 5.92 Å². The lowest BCUT2D eigenvalue weighted by Crippen LogP contribution is -2.25. The van der Waals surface area contributed by atoms with Crippen LogP contribution in [0.3, 0.4) is 0 Å². The molecular weight excluding hydrogens is 258 g/mol. The third-order valence-corrected chi connectivity index (χ3v) is 3.13. The van der Waals surface area contributed by atoms with Crippen LogP contribution in [0, 0.1) is 5.92 Å². The molecule has 0 aromatic heterocycles. The number of nitrogens with zero attached hydrogens (tertiary/aromatic N) is 1. The molecule has 2 nitrogen and oxygen atoms in total. The average Bonchev–Trinajstić information content (AvgIpc) is 2.35. The monoisotopic (exact) mass is 284 g/mol. The molecule has 20 heavy (non-hydrogen) atoms. The molecule has 0 fully saturated rings. The number of alkyl halides is 2. The zero-order chi connectivity index (χ0) is 15.0. The van der Waals surface area contributed by atoms with Crippen LogP contribution in [0.15, 0.2) is 24.3 Å². The molecule has 1 aromatic carbocycles. The molecule has 0 amide bonds. The van der Waals surface area contributed by atoms with Crippen LogP contribution in [-0.4, -0.2) is 38.0 Å². The first-order valence-corrected chi connectivity index (χ1v) is 7.23. The largest absolute Gasteiger partial charge is 0.316 e. The van der Waals surface area contributed by atoms with Crippen molar-refractivity contribution in [3.05, 3.63) is 35.4 Å². The highest BCUT2D eigenvalue weighted by Gasteiger charge is 2.10. The van der Waals surface area contributed by atoms with E-state index in [4.69, 9.17) is 0 Å². The lowest BCUT2D eigenvalue weighted by atomic mass is 10.0. The number of hydrogen-bond acceptors (Lipinski definition) is 2. The Bertz CT molecular complexity index is 380. The Morgan fingerprint density at radius 2 is 1.80 bits per heavy atom. The molecule has 0 spiro atoms. The van der Waals surface area contributed by atoms with Crippen molar-refractivity contribution in [1.82, 2.24) is 10.2 Å². The van der Waals surface area contributed by atoms with Crippen molar-refractivity contribution >= 4 is 0 Å². The second-order valence-corrected chi connectivity index (χ2v) is 5.70. The van der Waals surface area contributed by atoms with Crippen LogP contribution >= 0.6 is 0 Å². The van der Waals surface area contributed by atoms with E-state index in [0.717, 1.165) is 25.1 Å². The Kier molecular flexibility index (Phi) is 7.70. The highest BCUT2D eigenvalue weighted by atomic mass is 19.3.